The zero-order valence-corrected chi connectivity index (χ0v) is 12.5. The van der Waals surface area contributed by atoms with Crippen LogP contribution in [0.1, 0.15) is 29.6 Å². The second-order valence-corrected chi connectivity index (χ2v) is 5.44. The third kappa shape index (κ3) is 3.07. The van der Waals surface area contributed by atoms with Gasteiger partial charge < -0.3 is 10.5 Å². The van der Waals surface area contributed by atoms with Crippen LogP contribution in [0.2, 0.25) is 0 Å². The lowest BCUT2D eigenvalue weighted by Gasteiger charge is -2.06. The van der Waals surface area contributed by atoms with Crippen molar-refractivity contribution in [2.24, 2.45) is 7.05 Å². The van der Waals surface area contributed by atoms with E-state index in [2.05, 4.69) is 17.0 Å². The highest BCUT2D eigenvalue weighted by molar-refractivity contribution is 7.09. The topological polar surface area (TPSA) is 66.0 Å². The van der Waals surface area contributed by atoms with Gasteiger partial charge in [-0.25, -0.2) is 9.67 Å². The van der Waals surface area contributed by atoms with Crippen molar-refractivity contribution in [3.8, 4) is 5.88 Å². The third-order valence-corrected chi connectivity index (χ3v) is 4.00. The Morgan fingerprint density at radius 3 is 2.84 bits per heavy atom. The van der Waals surface area contributed by atoms with Gasteiger partial charge in [-0.1, -0.05) is 13.3 Å². The number of nitrogen functional groups attached to an aromatic ring is 1. The number of ether oxygens (including phenoxy) is 1. The Labute approximate surface area is 117 Å². The first-order valence-electron chi connectivity index (χ1n) is 6.46. The largest absolute Gasteiger partial charge is 0.476 e. The van der Waals surface area contributed by atoms with Crippen molar-refractivity contribution in [2.75, 3.05) is 12.3 Å². The molecule has 0 saturated carbocycles. The fraction of sp³-hybridized carbons (Fsp3) is 0.538. The van der Waals surface area contributed by atoms with Crippen molar-refractivity contribution >= 4 is 17.0 Å². The van der Waals surface area contributed by atoms with Crippen molar-refractivity contribution in [3.05, 3.63) is 21.8 Å². The SMILES string of the molecule is CCCc1nn(C)c(OCCc2scnc2C)c1N. The summed E-state index contributed by atoms with van der Waals surface area (Å²) in [6.45, 7) is 4.73. The van der Waals surface area contributed by atoms with Crippen LogP contribution in [0, 0.1) is 6.92 Å². The molecule has 0 aromatic carbocycles. The molecule has 0 spiro atoms. The molecule has 0 aliphatic carbocycles. The van der Waals surface area contributed by atoms with E-state index in [0.29, 0.717) is 18.2 Å². The van der Waals surface area contributed by atoms with Crippen LogP contribution in [0.4, 0.5) is 5.69 Å². The number of nitrogens with two attached hydrogens (primary N) is 1. The van der Waals surface area contributed by atoms with Crippen LogP contribution in [0.5, 0.6) is 5.88 Å². The van der Waals surface area contributed by atoms with Crippen molar-refractivity contribution in [1.82, 2.24) is 14.8 Å². The molecule has 0 fully saturated rings. The molecule has 0 atom stereocenters. The zero-order chi connectivity index (χ0) is 13.8. The minimum Gasteiger partial charge on any atom is -0.476 e. The van der Waals surface area contributed by atoms with Crippen LogP contribution in [0.3, 0.4) is 0 Å². The van der Waals surface area contributed by atoms with Crippen LogP contribution in [0.15, 0.2) is 5.51 Å². The second-order valence-electron chi connectivity index (χ2n) is 4.50. The summed E-state index contributed by atoms with van der Waals surface area (Å²) < 4.78 is 7.50. The van der Waals surface area contributed by atoms with E-state index in [4.69, 9.17) is 10.5 Å². The molecule has 0 amide bonds. The number of nitrogens with zero attached hydrogens (tertiary/aromatic N) is 3. The van der Waals surface area contributed by atoms with Gasteiger partial charge in [-0.05, 0) is 13.3 Å². The quantitative estimate of drug-likeness (QED) is 0.882. The zero-order valence-electron chi connectivity index (χ0n) is 11.6. The maximum absolute atomic E-state index is 6.06. The van der Waals surface area contributed by atoms with Crippen molar-refractivity contribution in [3.63, 3.8) is 0 Å². The van der Waals surface area contributed by atoms with E-state index in [1.807, 2.05) is 19.5 Å². The van der Waals surface area contributed by atoms with E-state index in [-0.39, 0.29) is 0 Å². The molecule has 2 aromatic rings. The fourth-order valence-electron chi connectivity index (χ4n) is 1.98. The number of anilines is 1. The van der Waals surface area contributed by atoms with E-state index in [1.165, 1.54) is 4.88 Å². The van der Waals surface area contributed by atoms with Gasteiger partial charge in [0.15, 0.2) is 0 Å². The monoisotopic (exact) mass is 280 g/mol. The van der Waals surface area contributed by atoms with E-state index >= 15 is 0 Å². The number of rotatable bonds is 6. The van der Waals surface area contributed by atoms with Crippen molar-refractivity contribution in [2.45, 2.75) is 33.1 Å². The Balaban J connectivity index is 1.98. The summed E-state index contributed by atoms with van der Waals surface area (Å²) in [5.74, 6) is 0.672. The Kier molecular flexibility index (Phi) is 4.42. The van der Waals surface area contributed by atoms with Crippen LogP contribution in [0.25, 0.3) is 0 Å². The van der Waals surface area contributed by atoms with Crippen LogP contribution in [-0.2, 0) is 19.9 Å². The van der Waals surface area contributed by atoms with Crippen molar-refractivity contribution in [1.29, 1.82) is 0 Å². The average molecular weight is 280 g/mol. The highest BCUT2D eigenvalue weighted by atomic mass is 32.1. The Morgan fingerprint density at radius 2 is 2.21 bits per heavy atom. The lowest BCUT2D eigenvalue weighted by atomic mass is 10.2. The van der Waals surface area contributed by atoms with Gasteiger partial charge in [0.1, 0.15) is 5.69 Å². The molecule has 2 heterocycles. The molecule has 0 aliphatic rings. The van der Waals surface area contributed by atoms with Crippen LogP contribution < -0.4 is 10.5 Å². The molecule has 0 radical (unpaired) electrons. The molecule has 2 aromatic heterocycles. The highest BCUT2D eigenvalue weighted by Gasteiger charge is 2.14. The summed E-state index contributed by atoms with van der Waals surface area (Å²) >= 11 is 1.66. The molecule has 0 bridgehead atoms. The fourth-order valence-corrected chi connectivity index (χ4v) is 2.74. The minimum absolute atomic E-state index is 0.596. The second kappa shape index (κ2) is 6.06. The summed E-state index contributed by atoms with van der Waals surface area (Å²) in [5.41, 5.74) is 10.6. The smallest absolute Gasteiger partial charge is 0.235 e. The molecule has 5 nitrogen and oxygen atoms in total. The van der Waals surface area contributed by atoms with Crippen LogP contribution >= 0.6 is 11.3 Å². The summed E-state index contributed by atoms with van der Waals surface area (Å²) in [4.78, 5) is 5.49. The number of hydrogen-bond donors (Lipinski definition) is 1. The van der Waals surface area contributed by atoms with E-state index in [1.54, 1.807) is 16.0 Å². The Hall–Kier alpha value is -1.56. The third-order valence-electron chi connectivity index (χ3n) is 3.01. The van der Waals surface area contributed by atoms with Gasteiger partial charge in [0.2, 0.25) is 5.88 Å². The van der Waals surface area contributed by atoms with Gasteiger partial charge in [-0.2, -0.15) is 5.10 Å². The van der Waals surface area contributed by atoms with E-state index in [9.17, 15) is 0 Å². The first-order chi connectivity index (χ1) is 9.13. The molecule has 6 heteroatoms. The Bertz CT molecular complexity index is 547. The molecule has 0 unspecified atom stereocenters. The first kappa shape index (κ1) is 13.9. The van der Waals surface area contributed by atoms with Gasteiger partial charge in [-0.3, -0.25) is 0 Å². The van der Waals surface area contributed by atoms with Gasteiger partial charge in [-0.15, -0.1) is 11.3 Å². The minimum atomic E-state index is 0.596. The summed E-state index contributed by atoms with van der Waals surface area (Å²) in [5, 5.41) is 4.39. The van der Waals surface area contributed by atoms with E-state index < -0.39 is 0 Å². The maximum atomic E-state index is 6.06. The number of aryl methyl sites for hydroxylation is 3. The number of thiazole rings is 1. The Morgan fingerprint density at radius 1 is 1.42 bits per heavy atom. The van der Waals surface area contributed by atoms with Crippen molar-refractivity contribution < 1.29 is 4.74 Å². The van der Waals surface area contributed by atoms with Gasteiger partial charge >= 0.3 is 0 Å². The predicted octanol–water partition coefficient (Wildman–Crippen LogP) is 2.34. The molecular weight excluding hydrogens is 260 g/mol. The molecular formula is C13H20N4OS. The molecule has 2 N–H and O–H groups in total. The predicted molar refractivity (Wildman–Crippen MR) is 77.7 cm³/mol. The van der Waals surface area contributed by atoms with Crippen LogP contribution in [-0.4, -0.2) is 21.4 Å². The molecule has 19 heavy (non-hydrogen) atoms. The summed E-state index contributed by atoms with van der Waals surface area (Å²) in [6, 6.07) is 0. The lowest BCUT2D eigenvalue weighted by molar-refractivity contribution is 0.296. The molecule has 0 saturated heterocycles. The normalized spacial score (nSPS) is 10.9. The van der Waals surface area contributed by atoms with Gasteiger partial charge in [0.05, 0.1) is 23.5 Å². The standard InChI is InChI=1S/C13H20N4OS/c1-4-5-10-12(14)13(17(3)16-10)18-7-6-11-9(2)15-8-19-11/h8H,4-7,14H2,1-3H3. The number of aromatic nitrogens is 3. The summed E-state index contributed by atoms with van der Waals surface area (Å²) in [7, 11) is 1.86. The molecule has 2 rings (SSSR count). The first-order valence-corrected chi connectivity index (χ1v) is 7.34. The average Bonchev–Trinajstić information content (AvgIpc) is 2.89. The van der Waals surface area contributed by atoms with Gasteiger partial charge in [0, 0.05) is 18.3 Å². The molecule has 0 aliphatic heterocycles. The lowest BCUT2D eigenvalue weighted by Crippen LogP contribution is -2.06. The molecule has 104 valence electrons. The summed E-state index contributed by atoms with van der Waals surface area (Å²) in [6.07, 6.45) is 2.77. The number of hydrogen-bond acceptors (Lipinski definition) is 5. The maximum Gasteiger partial charge on any atom is 0.235 e. The van der Waals surface area contributed by atoms with Gasteiger partial charge in [0.25, 0.3) is 0 Å². The van der Waals surface area contributed by atoms with E-state index in [0.717, 1.165) is 30.7 Å². The highest BCUT2D eigenvalue weighted by Crippen LogP contribution is 2.25.